The third-order valence-corrected chi connectivity index (χ3v) is 3.39. The van der Waals surface area contributed by atoms with Crippen LogP contribution in [-0.2, 0) is 9.59 Å². The Labute approximate surface area is 113 Å². The Morgan fingerprint density at radius 3 is 2.78 bits per heavy atom. The Morgan fingerprint density at radius 2 is 2.28 bits per heavy atom. The Hall–Kier alpha value is -1.40. The molecule has 1 fully saturated rings. The maximum Gasteiger partial charge on any atom is 0.331 e. The molecular weight excluding hydrogens is 300 g/mol. The zero-order valence-corrected chi connectivity index (χ0v) is 11.1. The van der Waals surface area contributed by atoms with Crippen LogP contribution >= 0.6 is 15.9 Å². The Morgan fingerprint density at radius 1 is 1.56 bits per heavy atom. The lowest BCUT2D eigenvalue weighted by Gasteiger charge is -2.24. The average Bonchev–Trinajstić information content (AvgIpc) is 2.58. The molecule has 0 saturated carbocycles. The average molecular weight is 313 g/mol. The molecule has 1 amide bonds. The highest BCUT2D eigenvalue weighted by Gasteiger charge is 2.37. The maximum absolute atomic E-state index is 11.8. The van der Waals surface area contributed by atoms with Crippen molar-refractivity contribution in [1.82, 2.24) is 4.90 Å². The van der Waals surface area contributed by atoms with Gasteiger partial charge in [-0.2, -0.15) is 0 Å². The number of nitrogens with two attached hydrogens (primary N) is 1. The predicted octanol–water partition coefficient (Wildman–Crippen LogP) is 1.13. The van der Waals surface area contributed by atoms with Gasteiger partial charge in [-0.05, 0) is 17.7 Å². The summed E-state index contributed by atoms with van der Waals surface area (Å²) in [5, 5.41) is 9.33. The second kappa shape index (κ2) is 5.07. The summed E-state index contributed by atoms with van der Waals surface area (Å²) in [5.74, 6) is -1.26. The van der Waals surface area contributed by atoms with Gasteiger partial charge in [0.05, 0.1) is 0 Å². The number of amides is 1. The quantitative estimate of drug-likeness (QED) is 0.876. The van der Waals surface area contributed by atoms with Crippen LogP contribution in [0, 0.1) is 0 Å². The van der Waals surface area contributed by atoms with Gasteiger partial charge in [0, 0.05) is 23.5 Å². The van der Waals surface area contributed by atoms with Gasteiger partial charge in [-0.3, -0.25) is 4.79 Å². The molecule has 0 bridgehead atoms. The number of carbonyl (C=O) groups is 2. The van der Waals surface area contributed by atoms with E-state index >= 15 is 0 Å². The van der Waals surface area contributed by atoms with Gasteiger partial charge in [0.15, 0.2) is 6.04 Å². The first-order valence-electron chi connectivity index (χ1n) is 5.52. The van der Waals surface area contributed by atoms with Crippen LogP contribution in [-0.4, -0.2) is 34.5 Å². The molecule has 2 atom stereocenters. The predicted molar refractivity (Wildman–Crippen MR) is 68.8 cm³/mol. The minimum absolute atomic E-state index is 0.206. The SMILES string of the molecule is NC1CC(=O)N(C(C(=O)O)c2cccc(Br)c2)C1. The molecule has 18 heavy (non-hydrogen) atoms. The van der Waals surface area contributed by atoms with E-state index in [0.717, 1.165) is 4.47 Å². The standard InChI is InChI=1S/C12H13BrN2O3/c13-8-3-1-2-7(4-8)11(12(17)18)15-6-9(14)5-10(15)16/h1-4,9,11H,5-6,14H2,(H,17,18). The van der Waals surface area contributed by atoms with E-state index in [4.69, 9.17) is 5.73 Å². The molecule has 1 heterocycles. The van der Waals surface area contributed by atoms with Crippen LogP contribution < -0.4 is 5.73 Å². The third-order valence-electron chi connectivity index (χ3n) is 2.90. The number of carboxylic acid groups (broad SMARTS) is 1. The monoisotopic (exact) mass is 312 g/mol. The number of carbonyl (C=O) groups excluding carboxylic acids is 1. The Bertz CT molecular complexity index is 492. The largest absolute Gasteiger partial charge is 0.479 e. The highest BCUT2D eigenvalue weighted by atomic mass is 79.9. The van der Waals surface area contributed by atoms with Crippen molar-refractivity contribution in [3.63, 3.8) is 0 Å². The van der Waals surface area contributed by atoms with Crippen molar-refractivity contribution >= 4 is 27.8 Å². The van der Waals surface area contributed by atoms with E-state index in [1.54, 1.807) is 24.3 Å². The second-order valence-corrected chi connectivity index (χ2v) is 5.22. The van der Waals surface area contributed by atoms with Gasteiger partial charge in [0.2, 0.25) is 5.91 Å². The minimum atomic E-state index is -1.05. The maximum atomic E-state index is 11.8. The molecule has 2 rings (SSSR count). The van der Waals surface area contributed by atoms with Crippen LogP contribution in [0.3, 0.4) is 0 Å². The second-order valence-electron chi connectivity index (χ2n) is 4.31. The molecule has 1 aromatic carbocycles. The highest BCUT2D eigenvalue weighted by Crippen LogP contribution is 2.27. The summed E-state index contributed by atoms with van der Waals surface area (Å²) in [4.78, 5) is 24.5. The fourth-order valence-corrected chi connectivity index (χ4v) is 2.56. The summed E-state index contributed by atoms with van der Waals surface area (Å²) in [6.07, 6.45) is 0.206. The molecule has 0 aliphatic carbocycles. The van der Waals surface area contributed by atoms with Crippen LogP contribution in [0.5, 0.6) is 0 Å². The van der Waals surface area contributed by atoms with Crippen molar-refractivity contribution in [3.05, 3.63) is 34.3 Å². The Kier molecular flexibility index (Phi) is 3.68. The number of rotatable bonds is 3. The van der Waals surface area contributed by atoms with Crippen molar-refractivity contribution < 1.29 is 14.7 Å². The molecule has 1 aromatic rings. The first kappa shape index (κ1) is 13.0. The van der Waals surface area contributed by atoms with Crippen molar-refractivity contribution in [2.45, 2.75) is 18.5 Å². The van der Waals surface area contributed by atoms with Gasteiger partial charge >= 0.3 is 5.97 Å². The number of carboxylic acids is 1. The lowest BCUT2D eigenvalue weighted by molar-refractivity contribution is -0.148. The molecule has 96 valence electrons. The lowest BCUT2D eigenvalue weighted by atomic mass is 10.1. The van der Waals surface area contributed by atoms with Crippen molar-refractivity contribution in [2.24, 2.45) is 5.73 Å². The molecule has 3 N–H and O–H groups in total. The van der Waals surface area contributed by atoms with Crippen LogP contribution in [0.2, 0.25) is 0 Å². The van der Waals surface area contributed by atoms with E-state index in [2.05, 4.69) is 15.9 Å². The number of benzene rings is 1. The lowest BCUT2D eigenvalue weighted by Crippen LogP contribution is -2.36. The molecule has 2 unspecified atom stereocenters. The first-order chi connectivity index (χ1) is 8.49. The van der Waals surface area contributed by atoms with Crippen molar-refractivity contribution in [1.29, 1.82) is 0 Å². The number of likely N-dealkylation sites (tertiary alicyclic amines) is 1. The molecule has 0 aromatic heterocycles. The van der Waals surface area contributed by atoms with Gasteiger partial charge in [-0.15, -0.1) is 0 Å². The van der Waals surface area contributed by atoms with Crippen molar-refractivity contribution in [3.8, 4) is 0 Å². The van der Waals surface area contributed by atoms with E-state index in [-0.39, 0.29) is 24.9 Å². The summed E-state index contributed by atoms with van der Waals surface area (Å²) in [6, 6.07) is 5.70. The van der Waals surface area contributed by atoms with Gasteiger partial charge < -0.3 is 15.7 Å². The van der Waals surface area contributed by atoms with Gasteiger partial charge in [-0.1, -0.05) is 28.1 Å². The zero-order chi connectivity index (χ0) is 13.3. The normalized spacial score (nSPS) is 21.1. The number of aliphatic carboxylic acids is 1. The number of hydrogen-bond acceptors (Lipinski definition) is 3. The fraction of sp³-hybridized carbons (Fsp3) is 0.333. The highest BCUT2D eigenvalue weighted by molar-refractivity contribution is 9.10. The third kappa shape index (κ3) is 2.54. The fourth-order valence-electron chi connectivity index (χ4n) is 2.14. The number of hydrogen-bond donors (Lipinski definition) is 2. The summed E-state index contributed by atoms with van der Waals surface area (Å²) < 4.78 is 0.780. The van der Waals surface area contributed by atoms with Crippen LogP contribution in [0.4, 0.5) is 0 Å². The molecule has 6 heteroatoms. The summed E-state index contributed by atoms with van der Waals surface area (Å²) in [5.41, 5.74) is 6.27. The summed E-state index contributed by atoms with van der Waals surface area (Å²) in [6.45, 7) is 0.280. The molecule has 1 saturated heterocycles. The van der Waals surface area contributed by atoms with E-state index in [1.807, 2.05) is 0 Å². The Balaban J connectivity index is 2.35. The molecule has 5 nitrogen and oxygen atoms in total. The van der Waals surface area contributed by atoms with Gasteiger partial charge in [-0.25, -0.2) is 4.79 Å². The number of nitrogens with zero attached hydrogens (tertiary/aromatic N) is 1. The van der Waals surface area contributed by atoms with E-state index in [1.165, 1.54) is 4.90 Å². The molecular formula is C12H13BrN2O3. The smallest absolute Gasteiger partial charge is 0.331 e. The van der Waals surface area contributed by atoms with Crippen molar-refractivity contribution in [2.75, 3.05) is 6.54 Å². The topological polar surface area (TPSA) is 83.6 Å². The number of halogens is 1. The molecule has 1 aliphatic rings. The van der Waals surface area contributed by atoms with Crippen LogP contribution in [0.25, 0.3) is 0 Å². The van der Waals surface area contributed by atoms with Crippen LogP contribution in [0.1, 0.15) is 18.0 Å². The molecule has 1 aliphatic heterocycles. The zero-order valence-electron chi connectivity index (χ0n) is 9.54. The van der Waals surface area contributed by atoms with E-state index in [0.29, 0.717) is 5.56 Å². The molecule has 0 radical (unpaired) electrons. The minimum Gasteiger partial charge on any atom is -0.479 e. The van der Waals surface area contributed by atoms with E-state index < -0.39 is 12.0 Å². The first-order valence-corrected chi connectivity index (χ1v) is 6.31. The molecule has 0 spiro atoms. The van der Waals surface area contributed by atoms with E-state index in [9.17, 15) is 14.7 Å². The van der Waals surface area contributed by atoms with Crippen LogP contribution in [0.15, 0.2) is 28.7 Å². The van der Waals surface area contributed by atoms with Gasteiger partial charge in [0.1, 0.15) is 0 Å². The summed E-state index contributed by atoms with van der Waals surface area (Å²) in [7, 11) is 0. The van der Waals surface area contributed by atoms with Gasteiger partial charge in [0.25, 0.3) is 0 Å². The summed E-state index contributed by atoms with van der Waals surface area (Å²) >= 11 is 3.29.